The van der Waals surface area contributed by atoms with Crippen LogP contribution in [-0.2, 0) is 10.0 Å². The number of nitrogens with one attached hydrogen (secondary N) is 1. The van der Waals surface area contributed by atoms with Crippen LogP contribution in [0.25, 0.3) is 5.78 Å². The van der Waals surface area contributed by atoms with Gasteiger partial charge in [-0.2, -0.15) is 14.5 Å². The van der Waals surface area contributed by atoms with E-state index in [0.717, 1.165) is 0 Å². The summed E-state index contributed by atoms with van der Waals surface area (Å²) in [7, 11) is -3.90. The van der Waals surface area contributed by atoms with Gasteiger partial charge in [0.25, 0.3) is 21.0 Å². The van der Waals surface area contributed by atoms with Crippen molar-refractivity contribution in [3.05, 3.63) is 10.6 Å². The third-order valence-corrected chi connectivity index (χ3v) is 2.58. The minimum absolute atomic E-state index is 0.122. The first-order chi connectivity index (χ1) is 6.88. The van der Waals surface area contributed by atoms with Crippen LogP contribution in [0.15, 0.2) is 5.16 Å². The first kappa shape index (κ1) is 10.1. The first-order valence-electron chi connectivity index (χ1n) is 3.74. The Bertz CT molecular complexity index is 683. The molecule has 0 amide bonds. The number of hydrogen-bond donors (Lipinski definition) is 2. The van der Waals surface area contributed by atoms with Gasteiger partial charge in [-0.05, 0) is 19.1 Å². The van der Waals surface area contributed by atoms with Crippen molar-refractivity contribution in [2.75, 3.05) is 0 Å². The van der Waals surface area contributed by atoms with Crippen LogP contribution < -0.4 is 5.14 Å². The summed E-state index contributed by atoms with van der Waals surface area (Å²) in [6.45, 7) is 1.63. The van der Waals surface area contributed by atoms with Crippen molar-refractivity contribution < 1.29 is 8.42 Å². The molecule has 0 spiro atoms. The van der Waals surface area contributed by atoms with Gasteiger partial charge in [0.05, 0.1) is 0 Å². The molecular weight excluding hydrogens is 240 g/mol. The summed E-state index contributed by atoms with van der Waals surface area (Å²) in [5.41, 5.74) is 0. The van der Waals surface area contributed by atoms with Gasteiger partial charge in [-0.25, -0.2) is 18.5 Å². The maximum atomic E-state index is 11.0. The highest BCUT2D eigenvalue weighted by molar-refractivity contribution is 7.89. The van der Waals surface area contributed by atoms with Gasteiger partial charge in [0.1, 0.15) is 5.82 Å². The summed E-state index contributed by atoms with van der Waals surface area (Å²) >= 11 is 4.88. The minimum atomic E-state index is -3.90. The van der Waals surface area contributed by atoms with Crippen LogP contribution in [0.3, 0.4) is 0 Å². The number of aromatic nitrogens is 5. The minimum Gasteiger partial charge on any atom is -0.261 e. The van der Waals surface area contributed by atoms with Gasteiger partial charge in [0, 0.05) is 0 Å². The molecule has 2 aromatic rings. The van der Waals surface area contributed by atoms with E-state index in [9.17, 15) is 8.42 Å². The molecule has 8 nitrogen and oxygen atoms in total. The molecule has 0 aromatic carbocycles. The number of aryl methyl sites for hydroxylation is 1. The van der Waals surface area contributed by atoms with Crippen molar-refractivity contribution in [2.24, 2.45) is 5.14 Å². The van der Waals surface area contributed by atoms with E-state index >= 15 is 0 Å². The maximum Gasteiger partial charge on any atom is 0.273 e. The molecule has 10 heteroatoms. The Morgan fingerprint density at radius 3 is 2.67 bits per heavy atom. The van der Waals surface area contributed by atoms with E-state index in [2.05, 4.69) is 20.1 Å². The molecule has 0 aliphatic heterocycles. The summed E-state index contributed by atoms with van der Waals surface area (Å²) in [4.78, 5) is 11.4. The Labute approximate surface area is 89.2 Å². The van der Waals surface area contributed by atoms with E-state index in [4.69, 9.17) is 17.4 Å². The third-order valence-electron chi connectivity index (χ3n) is 1.59. The maximum absolute atomic E-state index is 11.0. The average molecular weight is 246 g/mol. The largest absolute Gasteiger partial charge is 0.273 e. The van der Waals surface area contributed by atoms with Gasteiger partial charge in [-0.3, -0.25) is 5.10 Å². The molecule has 3 N–H and O–H groups in total. The lowest BCUT2D eigenvalue weighted by Gasteiger charge is -1.91. The molecule has 0 aliphatic rings. The van der Waals surface area contributed by atoms with E-state index < -0.39 is 15.2 Å². The van der Waals surface area contributed by atoms with E-state index in [1.807, 2.05) is 0 Å². The number of fused-ring (bicyclic) bond motifs is 1. The smallest absolute Gasteiger partial charge is 0.261 e. The first-order valence-corrected chi connectivity index (χ1v) is 5.69. The van der Waals surface area contributed by atoms with Gasteiger partial charge in [0.15, 0.2) is 0 Å². The molecule has 80 valence electrons. The molecule has 0 atom stereocenters. The summed E-state index contributed by atoms with van der Waals surface area (Å²) in [6, 6.07) is 0. The fourth-order valence-electron chi connectivity index (χ4n) is 1.01. The van der Waals surface area contributed by atoms with Crippen LogP contribution in [0.4, 0.5) is 0 Å². The molecule has 2 aromatic heterocycles. The third kappa shape index (κ3) is 1.73. The number of H-pyrrole nitrogens is 1. The number of hydrogen-bond acceptors (Lipinski definition) is 6. The van der Waals surface area contributed by atoms with Crippen molar-refractivity contribution in [1.29, 1.82) is 0 Å². The van der Waals surface area contributed by atoms with Crippen molar-refractivity contribution in [2.45, 2.75) is 12.1 Å². The van der Waals surface area contributed by atoms with Crippen LogP contribution in [0.1, 0.15) is 5.82 Å². The molecule has 15 heavy (non-hydrogen) atoms. The number of primary sulfonamides is 1. The number of sulfonamides is 1. The van der Waals surface area contributed by atoms with Crippen LogP contribution in [0.5, 0.6) is 0 Å². The highest BCUT2D eigenvalue weighted by atomic mass is 32.2. The Hall–Kier alpha value is -1.39. The van der Waals surface area contributed by atoms with Crippen LogP contribution in [0, 0.1) is 11.7 Å². The van der Waals surface area contributed by atoms with Gasteiger partial charge in [0.2, 0.25) is 4.77 Å². The zero-order chi connectivity index (χ0) is 11.2. The number of nitrogens with zero attached hydrogens (tertiary/aromatic N) is 4. The van der Waals surface area contributed by atoms with Crippen molar-refractivity contribution in [3.8, 4) is 0 Å². The molecule has 0 radical (unpaired) electrons. The Morgan fingerprint density at radius 2 is 2.07 bits per heavy atom. The van der Waals surface area contributed by atoms with Crippen molar-refractivity contribution in [3.63, 3.8) is 0 Å². The molecule has 0 fully saturated rings. The standard InChI is InChI=1S/C5H6N6O2S2/c1-2-7-3-9-4(15(6,12)13)10-11(3)5(14)8-2/h1H3,(H2,6,12,13)(H,7,8,9,10,14). The van der Waals surface area contributed by atoms with E-state index in [1.165, 1.54) is 4.52 Å². The predicted octanol–water partition coefficient (Wildman–Crippen LogP) is -0.862. The van der Waals surface area contributed by atoms with Crippen molar-refractivity contribution >= 4 is 28.0 Å². The van der Waals surface area contributed by atoms with Gasteiger partial charge >= 0.3 is 0 Å². The molecule has 2 rings (SSSR count). The monoisotopic (exact) mass is 246 g/mol. The number of rotatable bonds is 1. The molecule has 0 bridgehead atoms. The average Bonchev–Trinajstić information content (AvgIpc) is 2.46. The van der Waals surface area contributed by atoms with Gasteiger partial charge < -0.3 is 0 Å². The zero-order valence-electron chi connectivity index (χ0n) is 7.50. The molecule has 2 heterocycles. The second-order valence-corrected chi connectivity index (χ2v) is 4.60. The second kappa shape index (κ2) is 3.05. The van der Waals surface area contributed by atoms with E-state index in [0.29, 0.717) is 5.82 Å². The molecule has 0 unspecified atom stereocenters. The van der Waals surface area contributed by atoms with Gasteiger partial charge in [-0.15, -0.1) is 0 Å². The Morgan fingerprint density at radius 1 is 1.40 bits per heavy atom. The normalized spacial score (nSPS) is 12.1. The summed E-state index contributed by atoms with van der Waals surface area (Å²) in [6.07, 6.45) is 0. The topological polar surface area (TPSA) is 119 Å². The van der Waals surface area contributed by atoms with E-state index in [-0.39, 0.29) is 10.5 Å². The highest BCUT2D eigenvalue weighted by Crippen LogP contribution is 2.02. The SMILES string of the molecule is Cc1nc(=S)n2[nH]c(S(N)(=O)=O)nc2n1. The van der Waals surface area contributed by atoms with Gasteiger partial charge in [-0.1, -0.05) is 0 Å². The summed E-state index contributed by atoms with van der Waals surface area (Å²) in [5, 5.41) is 6.89. The molecule has 0 saturated heterocycles. The lowest BCUT2D eigenvalue weighted by Crippen LogP contribution is -2.14. The predicted molar refractivity (Wildman–Crippen MR) is 52.1 cm³/mol. The number of nitrogens with two attached hydrogens (primary N) is 1. The van der Waals surface area contributed by atoms with Crippen molar-refractivity contribution in [1.82, 2.24) is 24.6 Å². The number of aromatic amines is 1. The molecule has 0 saturated carbocycles. The Balaban J connectivity index is 2.89. The lowest BCUT2D eigenvalue weighted by molar-refractivity contribution is 0.588. The summed E-state index contributed by atoms with van der Waals surface area (Å²) in [5.74, 6) is 0.531. The van der Waals surface area contributed by atoms with Crippen LogP contribution in [0.2, 0.25) is 0 Å². The van der Waals surface area contributed by atoms with E-state index in [1.54, 1.807) is 6.92 Å². The quantitative estimate of drug-likeness (QED) is 0.632. The Kier molecular flexibility index (Phi) is 2.06. The molecule has 0 aliphatic carbocycles. The fraction of sp³-hybridized carbons (Fsp3) is 0.200. The molecular formula is C5H6N6O2S2. The van der Waals surface area contributed by atoms with Crippen LogP contribution >= 0.6 is 12.2 Å². The second-order valence-electron chi connectivity index (χ2n) is 2.76. The lowest BCUT2D eigenvalue weighted by atomic mass is 10.7. The fourth-order valence-corrected chi connectivity index (χ4v) is 1.69. The summed E-state index contributed by atoms with van der Waals surface area (Å²) < 4.78 is 23.3. The highest BCUT2D eigenvalue weighted by Gasteiger charge is 2.14. The van der Waals surface area contributed by atoms with Crippen LogP contribution in [-0.4, -0.2) is 33.0 Å². The zero-order valence-corrected chi connectivity index (χ0v) is 9.13.